The fourth-order valence-corrected chi connectivity index (χ4v) is 2.96. The Hall–Kier alpha value is -2.18. The van der Waals surface area contributed by atoms with Gasteiger partial charge in [0, 0.05) is 18.1 Å². The lowest BCUT2D eigenvalue weighted by molar-refractivity contribution is -0.746. The van der Waals surface area contributed by atoms with Gasteiger partial charge in [0.15, 0.2) is 0 Å². The molecular formula is C16H17FN2O3. The highest BCUT2D eigenvalue weighted by molar-refractivity contribution is 6.07. The molecule has 2 unspecified atom stereocenters. The van der Waals surface area contributed by atoms with E-state index in [-0.39, 0.29) is 16.5 Å². The average Bonchev–Trinajstić information content (AvgIpc) is 2.79. The van der Waals surface area contributed by atoms with Crippen molar-refractivity contribution < 1.29 is 19.4 Å². The second-order valence-corrected chi connectivity index (χ2v) is 5.85. The van der Waals surface area contributed by atoms with Gasteiger partial charge in [0.2, 0.25) is 0 Å². The maximum absolute atomic E-state index is 13.7. The molecule has 1 aliphatic carbocycles. The Morgan fingerprint density at radius 1 is 1.50 bits per heavy atom. The van der Waals surface area contributed by atoms with E-state index in [0.717, 1.165) is 23.8 Å². The third-order valence-electron chi connectivity index (χ3n) is 4.15. The van der Waals surface area contributed by atoms with E-state index in [1.807, 2.05) is 0 Å². The third kappa shape index (κ3) is 2.63. The number of phenols is 1. The van der Waals surface area contributed by atoms with E-state index in [4.69, 9.17) is 0 Å². The lowest BCUT2D eigenvalue weighted by atomic mass is 9.86. The number of amides is 1. The van der Waals surface area contributed by atoms with Gasteiger partial charge >= 0.3 is 0 Å². The molecule has 1 aromatic rings. The number of anilines is 1. The fraction of sp³-hybridized carbons (Fsp3) is 0.312. The summed E-state index contributed by atoms with van der Waals surface area (Å²) in [5.74, 6) is -0.979. The van der Waals surface area contributed by atoms with Crippen molar-refractivity contribution in [2.75, 3.05) is 5.32 Å². The normalized spacial score (nSPS) is 24.0. The Bertz CT molecular complexity index is 697. The van der Waals surface area contributed by atoms with Crippen LogP contribution >= 0.6 is 0 Å². The standard InChI is InChI=1S/C16H17FN2O3/c1-9-2-4-11-12(8-19(22)15(11)6-9)16(21)18-14-5-3-10(20)7-13(14)17/h3,5,7-9,19-20H,2,4,6H2,1H3,(H,18,21). The van der Waals surface area contributed by atoms with Crippen LogP contribution in [0.4, 0.5) is 10.1 Å². The second-order valence-electron chi connectivity index (χ2n) is 5.85. The smallest absolute Gasteiger partial charge is 0.261 e. The van der Waals surface area contributed by atoms with Crippen LogP contribution in [0.25, 0.3) is 0 Å². The number of rotatable bonds is 2. The lowest BCUT2D eigenvalue weighted by Gasteiger charge is -2.24. The number of hydrogen-bond acceptors (Lipinski definition) is 3. The molecule has 1 aromatic carbocycles. The summed E-state index contributed by atoms with van der Waals surface area (Å²) in [5.41, 5.74) is 1.82. The van der Waals surface area contributed by atoms with Crippen LogP contribution in [0.2, 0.25) is 0 Å². The van der Waals surface area contributed by atoms with Crippen molar-refractivity contribution in [1.29, 1.82) is 0 Å². The van der Waals surface area contributed by atoms with Crippen LogP contribution in [-0.4, -0.2) is 11.0 Å². The van der Waals surface area contributed by atoms with Crippen molar-refractivity contribution in [2.24, 2.45) is 5.92 Å². The van der Waals surface area contributed by atoms with Crippen molar-refractivity contribution in [2.45, 2.75) is 26.2 Å². The molecule has 1 aliphatic heterocycles. The van der Waals surface area contributed by atoms with Crippen LogP contribution < -0.4 is 10.4 Å². The van der Waals surface area contributed by atoms with E-state index in [0.29, 0.717) is 24.3 Å². The van der Waals surface area contributed by atoms with Crippen LogP contribution in [0, 0.1) is 16.9 Å². The topological polar surface area (TPSA) is 76.8 Å². The van der Waals surface area contributed by atoms with Crippen LogP contribution in [0.3, 0.4) is 0 Å². The molecule has 5 nitrogen and oxygen atoms in total. The molecule has 2 atom stereocenters. The number of nitrogens with one attached hydrogen (secondary N) is 2. The molecular weight excluding hydrogens is 287 g/mol. The zero-order valence-corrected chi connectivity index (χ0v) is 12.1. The average molecular weight is 304 g/mol. The van der Waals surface area contributed by atoms with Gasteiger partial charge in [0.05, 0.1) is 5.69 Å². The van der Waals surface area contributed by atoms with Crippen molar-refractivity contribution in [3.8, 4) is 5.75 Å². The predicted molar refractivity (Wildman–Crippen MR) is 79.1 cm³/mol. The number of carbonyl (C=O) groups excluding carboxylic acids is 1. The number of phenolic OH excluding ortho intramolecular Hbond substituents is 1. The van der Waals surface area contributed by atoms with Crippen molar-refractivity contribution >= 4 is 11.6 Å². The molecule has 3 rings (SSSR count). The van der Waals surface area contributed by atoms with Gasteiger partial charge in [-0.05, 0) is 30.9 Å². The molecule has 0 saturated carbocycles. The summed E-state index contributed by atoms with van der Waals surface area (Å²) in [6.45, 7) is 2.08. The van der Waals surface area contributed by atoms with E-state index >= 15 is 0 Å². The van der Waals surface area contributed by atoms with Gasteiger partial charge < -0.3 is 20.7 Å². The number of aromatic hydroxyl groups is 1. The monoisotopic (exact) mass is 304 g/mol. The van der Waals surface area contributed by atoms with E-state index in [9.17, 15) is 19.5 Å². The molecule has 1 amide bonds. The molecule has 0 radical (unpaired) electrons. The molecule has 0 saturated heterocycles. The quantitative estimate of drug-likeness (QED) is 0.576. The summed E-state index contributed by atoms with van der Waals surface area (Å²) in [5, 5.41) is 23.5. The van der Waals surface area contributed by atoms with Crippen LogP contribution in [0.1, 0.15) is 26.2 Å². The van der Waals surface area contributed by atoms with Gasteiger partial charge in [-0.1, -0.05) is 6.92 Å². The summed E-state index contributed by atoms with van der Waals surface area (Å²) in [7, 11) is 0. The van der Waals surface area contributed by atoms with Crippen LogP contribution in [0.5, 0.6) is 5.75 Å². The summed E-state index contributed by atoms with van der Waals surface area (Å²) in [6.07, 6.45) is 3.66. The van der Waals surface area contributed by atoms with Gasteiger partial charge in [-0.2, -0.15) is 0 Å². The highest BCUT2D eigenvalue weighted by Crippen LogP contribution is 2.33. The Kier molecular flexibility index (Phi) is 3.72. The SMILES string of the molecule is CC1CCC2=C(C1)[NH+]([O-])C=C2C(=O)Nc1ccc(O)cc1F. The Labute approximate surface area is 127 Å². The molecule has 2 aliphatic rings. The van der Waals surface area contributed by atoms with Gasteiger partial charge in [-0.3, -0.25) is 4.79 Å². The summed E-state index contributed by atoms with van der Waals surface area (Å²) < 4.78 is 13.7. The Morgan fingerprint density at radius 2 is 2.27 bits per heavy atom. The van der Waals surface area contributed by atoms with Crippen molar-refractivity contribution in [3.63, 3.8) is 0 Å². The van der Waals surface area contributed by atoms with Gasteiger partial charge in [-0.25, -0.2) is 4.39 Å². The van der Waals surface area contributed by atoms with E-state index < -0.39 is 11.7 Å². The minimum absolute atomic E-state index is 0.0191. The van der Waals surface area contributed by atoms with Crippen molar-refractivity contribution in [3.05, 3.63) is 52.3 Å². The Balaban J connectivity index is 1.82. The number of halogens is 1. The van der Waals surface area contributed by atoms with Gasteiger partial charge in [0.25, 0.3) is 5.91 Å². The molecule has 0 aromatic heterocycles. The summed E-state index contributed by atoms with van der Waals surface area (Å²) in [6, 6.07) is 3.51. The number of quaternary nitrogens is 1. The fourth-order valence-electron chi connectivity index (χ4n) is 2.96. The maximum Gasteiger partial charge on any atom is 0.261 e. The minimum Gasteiger partial charge on any atom is -0.624 e. The van der Waals surface area contributed by atoms with Crippen molar-refractivity contribution in [1.82, 2.24) is 0 Å². The maximum atomic E-state index is 13.7. The first-order chi connectivity index (χ1) is 10.5. The molecule has 0 bridgehead atoms. The third-order valence-corrected chi connectivity index (χ3v) is 4.15. The molecule has 0 fully saturated rings. The Morgan fingerprint density at radius 3 is 3.00 bits per heavy atom. The number of hydrogen-bond donors (Lipinski definition) is 3. The summed E-state index contributed by atoms with van der Waals surface area (Å²) in [4.78, 5) is 12.3. The number of allylic oxidation sites excluding steroid dienone is 1. The zero-order valence-electron chi connectivity index (χ0n) is 12.1. The number of carbonyl (C=O) groups is 1. The van der Waals surface area contributed by atoms with Gasteiger partial charge in [-0.15, -0.1) is 0 Å². The molecule has 1 heterocycles. The van der Waals surface area contributed by atoms with Crippen LogP contribution in [-0.2, 0) is 4.79 Å². The lowest BCUT2D eigenvalue weighted by Crippen LogP contribution is -2.99. The minimum atomic E-state index is -0.718. The van der Waals surface area contributed by atoms with E-state index in [1.54, 1.807) is 0 Å². The first-order valence-corrected chi connectivity index (χ1v) is 7.24. The van der Waals surface area contributed by atoms with E-state index in [2.05, 4.69) is 12.2 Å². The molecule has 116 valence electrons. The second kappa shape index (κ2) is 5.55. The van der Waals surface area contributed by atoms with Gasteiger partial charge in [0.1, 0.15) is 29.0 Å². The number of hydroxylamine groups is 2. The highest BCUT2D eigenvalue weighted by Gasteiger charge is 2.33. The molecule has 22 heavy (non-hydrogen) atoms. The first-order valence-electron chi connectivity index (χ1n) is 7.24. The summed E-state index contributed by atoms with van der Waals surface area (Å²) >= 11 is 0. The largest absolute Gasteiger partial charge is 0.624 e. The number of benzene rings is 1. The first kappa shape index (κ1) is 14.7. The van der Waals surface area contributed by atoms with Crippen LogP contribution in [0.15, 0.2) is 41.2 Å². The highest BCUT2D eigenvalue weighted by atomic mass is 19.1. The predicted octanol–water partition coefficient (Wildman–Crippen LogP) is 1.82. The molecule has 3 N–H and O–H groups in total. The molecule has 0 spiro atoms. The zero-order chi connectivity index (χ0) is 15.9. The molecule has 6 heteroatoms. The van der Waals surface area contributed by atoms with E-state index in [1.165, 1.54) is 18.3 Å².